The van der Waals surface area contributed by atoms with E-state index < -0.39 is 0 Å². The molecular weight excluding hydrogens is 342 g/mol. The van der Waals surface area contributed by atoms with Crippen LogP contribution in [0.1, 0.15) is 41.3 Å². The van der Waals surface area contributed by atoms with E-state index in [2.05, 4.69) is 5.32 Å². The van der Waals surface area contributed by atoms with E-state index in [9.17, 15) is 4.79 Å². The molecule has 1 unspecified atom stereocenters. The van der Waals surface area contributed by atoms with Gasteiger partial charge in [0.05, 0.1) is 12.7 Å². The molecule has 0 aromatic heterocycles. The Labute approximate surface area is 160 Å². The number of benzene rings is 2. The molecule has 1 saturated heterocycles. The van der Waals surface area contributed by atoms with Crippen LogP contribution in [0.15, 0.2) is 48.5 Å². The van der Waals surface area contributed by atoms with E-state index in [0.717, 1.165) is 36.3 Å². The number of nitrogens with one attached hydrogen (secondary N) is 1. The Kier molecular flexibility index (Phi) is 7.25. The summed E-state index contributed by atoms with van der Waals surface area (Å²) in [4.78, 5) is 12.4. The lowest BCUT2D eigenvalue weighted by molar-refractivity contribution is 0.0679. The van der Waals surface area contributed by atoms with Gasteiger partial charge in [0.2, 0.25) is 0 Å². The highest BCUT2D eigenvalue weighted by Gasteiger charge is 2.16. The lowest BCUT2D eigenvalue weighted by Gasteiger charge is -2.12. The molecule has 0 radical (unpaired) electrons. The van der Waals surface area contributed by atoms with Crippen LogP contribution in [0.25, 0.3) is 0 Å². The first-order valence-electron chi connectivity index (χ1n) is 9.53. The zero-order valence-electron chi connectivity index (χ0n) is 15.8. The third-order valence-electron chi connectivity index (χ3n) is 4.60. The summed E-state index contributed by atoms with van der Waals surface area (Å²) in [6.45, 7) is 5.04. The molecule has 5 heteroatoms. The summed E-state index contributed by atoms with van der Waals surface area (Å²) in [7, 11) is 0. The highest BCUT2D eigenvalue weighted by atomic mass is 16.5. The standard InChI is InChI=1S/C22H27NO4/c1-2-25-15-19-7-4-3-6-18(19)14-23-22(24)17-9-11-20(12-10-17)27-16-21-8-5-13-26-21/h3-4,6-7,9-12,21H,2,5,8,13-16H2,1H3,(H,23,24). The van der Waals surface area contributed by atoms with Crippen molar-refractivity contribution in [3.8, 4) is 5.75 Å². The summed E-state index contributed by atoms with van der Waals surface area (Å²) in [5, 5.41) is 2.97. The normalized spacial score (nSPS) is 16.3. The number of carbonyl (C=O) groups excluding carboxylic acids is 1. The van der Waals surface area contributed by atoms with Crippen LogP contribution in [0.4, 0.5) is 0 Å². The van der Waals surface area contributed by atoms with Gasteiger partial charge in [-0.25, -0.2) is 0 Å². The van der Waals surface area contributed by atoms with Crippen molar-refractivity contribution in [2.45, 2.75) is 39.0 Å². The molecule has 1 aliphatic heterocycles. The molecule has 27 heavy (non-hydrogen) atoms. The van der Waals surface area contributed by atoms with Gasteiger partial charge in [0.25, 0.3) is 5.91 Å². The van der Waals surface area contributed by atoms with E-state index in [-0.39, 0.29) is 12.0 Å². The Morgan fingerprint density at radius 1 is 1.15 bits per heavy atom. The Balaban J connectivity index is 1.50. The van der Waals surface area contributed by atoms with E-state index in [1.807, 2.05) is 43.3 Å². The number of ether oxygens (including phenoxy) is 3. The van der Waals surface area contributed by atoms with Gasteiger partial charge >= 0.3 is 0 Å². The van der Waals surface area contributed by atoms with Crippen molar-refractivity contribution in [2.75, 3.05) is 19.8 Å². The second-order valence-electron chi connectivity index (χ2n) is 6.56. The van der Waals surface area contributed by atoms with Crippen molar-refractivity contribution < 1.29 is 19.0 Å². The van der Waals surface area contributed by atoms with Crippen LogP contribution in [0, 0.1) is 0 Å². The second-order valence-corrected chi connectivity index (χ2v) is 6.56. The van der Waals surface area contributed by atoms with Crippen LogP contribution >= 0.6 is 0 Å². The van der Waals surface area contributed by atoms with Crippen molar-refractivity contribution >= 4 is 5.91 Å². The van der Waals surface area contributed by atoms with Gasteiger partial charge in [-0.05, 0) is 55.2 Å². The van der Waals surface area contributed by atoms with Crippen LogP contribution in [0.3, 0.4) is 0 Å². The Hall–Kier alpha value is -2.37. The minimum atomic E-state index is -0.105. The van der Waals surface area contributed by atoms with Crippen molar-refractivity contribution in [2.24, 2.45) is 0 Å². The smallest absolute Gasteiger partial charge is 0.251 e. The minimum absolute atomic E-state index is 0.105. The monoisotopic (exact) mass is 369 g/mol. The van der Waals surface area contributed by atoms with E-state index in [1.165, 1.54) is 0 Å². The lowest BCUT2D eigenvalue weighted by Crippen LogP contribution is -2.23. The SMILES string of the molecule is CCOCc1ccccc1CNC(=O)c1ccc(OCC2CCCO2)cc1. The zero-order valence-corrected chi connectivity index (χ0v) is 15.8. The van der Waals surface area contributed by atoms with Crippen LogP contribution in [-0.2, 0) is 22.6 Å². The summed E-state index contributed by atoms with van der Waals surface area (Å²) in [5.74, 6) is 0.649. The van der Waals surface area contributed by atoms with Gasteiger partial charge in [-0.15, -0.1) is 0 Å². The third-order valence-corrected chi connectivity index (χ3v) is 4.60. The molecule has 1 aliphatic rings. The van der Waals surface area contributed by atoms with Crippen LogP contribution in [0.5, 0.6) is 5.75 Å². The highest BCUT2D eigenvalue weighted by Crippen LogP contribution is 2.17. The van der Waals surface area contributed by atoms with Gasteiger partial charge in [-0.1, -0.05) is 24.3 Å². The largest absolute Gasteiger partial charge is 0.491 e. The molecule has 2 aromatic rings. The number of carbonyl (C=O) groups is 1. The van der Waals surface area contributed by atoms with Crippen molar-refractivity contribution in [3.63, 3.8) is 0 Å². The summed E-state index contributed by atoms with van der Waals surface area (Å²) in [5.41, 5.74) is 2.77. The Morgan fingerprint density at radius 2 is 1.93 bits per heavy atom. The van der Waals surface area contributed by atoms with Crippen molar-refractivity contribution in [3.05, 3.63) is 65.2 Å². The van der Waals surface area contributed by atoms with Gasteiger partial charge in [0, 0.05) is 25.3 Å². The quantitative estimate of drug-likeness (QED) is 0.732. The van der Waals surface area contributed by atoms with Crippen LogP contribution in [0.2, 0.25) is 0 Å². The van der Waals surface area contributed by atoms with Crippen molar-refractivity contribution in [1.82, 2.24) is 5.32 Å². The first-order chi connectivity index (χ1) is 13.3. The first kappa shape index (κ1) is 19.4. The molecule has 1 atom stereocenters. The maximum Gasteiger partial charge on any atom is 0.251 e. The number of rotatable bonds is 9. The maximum atomic E-state index is 12.4. The second kappa shape index (κ2) is 10.1. The number of hydrogen-bond donors (Lipinski definition) is 1. The fourth-order valence-electron chi connectivity index (χ4n) is 3.03. The van der Waals surface area contributed by atoms with Gasteiger partial charge in [0.15, 0.2) is 0 Å². The molecule has 1 fully saturated rings. The molecule has 144 valence electrons. The maximum absolute atomic E-state index is 12.4. The molecule has 0 aliphatic carbocycles. The number of amides is 1. The summed E-state index contributed by atoms with van der Waals surface area (Å²) < 4.78 is 16.8. The van der Waals surface area contributed by atoms with Gasteiger partial charge < -0.3 is 19.5 Å². The van der Waals surface area contributed by atoms with E-state index >= 15 is 0 Å². The molecule has 1 heterocycles. The van der Waals surface area contributed by atoms with Crippen LogP contribution < -0.4 is 10.1 Å². The molecule has 1 amide bonds. The predicted molar refractivity (Wildman–Crippen MR) is 104 cm³/mol. The molecule has 2 aromatic carbocycles. The average molecular weight is 369 g/mol. The third kappa shape index (κ3) is 5.81. The van der Waals surface area contributed by atoms with E-state index in [4.69, 9.17) is 14.2 Å². The predicted octanol–water partition coefficient (Wildman–Crippen LogP) is 3.71. The average Bonchev–Trinajstić information content (AvgIpc) is 3.23. The molecule has 1 N–H and O–H groups in total. The van der Waals surface area contributed by atoms with Crippen LogP contribution in [-0.4, -0.2) is 31.8 Å². The Morgan fingerprint density at radius 3 is 2.63 bits per heavy atom. The first-order valence-corrected chi connectivity index (χ1v) is 9.53. The Bertz CT molecular complexity index is 723. The topological polar surface area (TPSA) is 56.8 Å². The summed E-state index contributed by atoms with van der Waals surface area (Å²) in [6.07, 6.45) is 2.33. The highest BCUT2D eigenvalue weighted by molar-refractivity contribution is 5.94. The molecule has 5 nitrogen and oxygen atoms in total. The fourth-order valence-corrected chi connectivity index (χ4v) is 3.03. The zero-order chi connectivity index (χ0) is 18.9. The van der Waals surface area contributed by atoms with Gasteiger partial charge in [-0.2, -0.15) is 0 Å². The van der Waals surface area contributed by atoms with Crippen molar-refractivity contribution in [1.29, 1.82) is 0 Å². The van der Waals surface area contributed by atoms with Gasteiger partial charge in [0.1, 0.15) is 12.4 Å². The summed E-state index contributed by atoms with van der Waals surface area (Å²) >= 11 is 0. The minimum Gasteiger partial charge on any atom is -0.491 e. The van der Waals surface area contributed by atoms with Gasteiger partial charge in [-0.3, -0.25) is 4.79 Å². The summed E-state index contributed by atoms with van der Waals surface area (Å²) in [6, 6.07) is 15.2. The molecule has 3 rings (SSSR count). The van der Waals surface area contributed by atoms with E-state index in [1.54, 1.807) is 12.1 Å². The molecule has 0 bridgehead atoms. The van der Waals surface area contributed by atoms with E-state index in [0.29, 0.717) is 31.9 Å². The lowest BCUT2D eigenvalue weighted by atomic mass is 10.1. The molecule has 0 saturated carbocycles. The number of hydrogen-bond acceptors (Lipinski definition) is 4. The molecular formula is C22H27NO4. The fraction of sp³-hybridized carbons (Fsp3) is 0.409. The molecule has 0 spiro atoms.